The van der Waals surface area contributed by atoms with E-state index in [1.165, 1.54) is 18.4 Å². The van der Waals surface area contributed by atoms with Gasteiger partial charge in [-0.05, 0) is 42.7 Å². The van der Waals surface area contributed by atoms with Crippen molar-refractivity contribution in [2.75, 3.05) is 14.1 Å². The quantitative estimate of drug-likeness (QED) is 0.850. The Morgan fingerprint density at radius 2 is 1.59 bits per heavy atom. The zero-order chi connectivity index (χ0) is 16.3. The minimum Gasteiger partial charge on any atom is -0.488 e. The van der Waals surface area contributed by atoms with Crippen LogP contribution in [0.25, 0.3) is 0 Å². The molecule has 0 saturated heterocycles. The summed E-state index contributed by atoms with van der Waals surface area (Å²) in [6.45, 7) is 4.33. The van der Waals surface area contributed by atoms with Gasteiger partial charge < -0.3 is 4.74 Å². The second-order valence-corrected chi connectivity index (χ2v) is 7.60. The fourth-order valence-electron chi connectivity index (χ4n) is 2.19. The molecule has 0 atom stereocenters. The first-order valence-electron chi connectivity index (χ1n) is 7.03. The molecule has 118 valence electrons. The van der Waals surface area contributed by atoms with Crippen LogP contribution >= 0.6 is 0 Å². The molecule has 0 spiro atoms. The third kappa shape index (κ3) is 3.48. The van der Waals surface area contributed by atoms with Gasteiger partial charge in [-0.25, -0.2) is 12.7 Å². The Bertz CT molecular complexity index is 747. The summed E-state index contributed by atoms with van der Waals surface area (Å²) < 4.78 is 31.4. The second kappa shape index (κ2) is 6.50. The third-order valence-corrected chi connectivity index (χ3v) is 5.28. The van der Waals surface area contributed by atoms with Gasteiger partial charge in [-0.15, -0.1) is 0 Å². The molecule has 0 radical (unpaired) electrons. The summed E-state index contributed by atoms with van der Waals surface area (Å²) in [5, 5.41) is 0. The van der Waals surface area contributed by atoms with E-state index in [4.69, 9.17) is 4.74 Å². The lowest BCUT2D eigenvalue weighted by Crippen LogP contribution is -2.22. The molecular weight excluding hydrogens is 298 g/mol. The van der Waals surface area contributed by atoms with Crippen molar-refractivity contribution in [3.63, 3.8) is 0 Å². The SMILES string of the molecule is Cc1cccc(C)c1OCc1cccc(S(=O)(=O)N(C)C)c1. The number of hydrogen-bond acceptors (Lipinski definition) is 3. The minimum atomic E-state index is -3.42. The lowest BCUT2D eigenvalue weighted by atomic mass is 10.1. The standard InChI is InChI=1S/C17H21NO3S/c1-13-7-5-8-14(2)17(13)21-12-15-9-6-10-16(11-15)22(19,20)18(3)4/h5-11H,12H2,1-4H3. The Balaban J connectivity index is 2.22. The molecule has 0 bridgehead atoms. The Labute approximate surface area is 132 Å². The normalized spacial score (nSPS) is 11.7. The first kappa shape index (κ1) is 16.5. The van der Waals surface area contributed by atoms with Crippen LogP contribution in [0.2, 0.25) is 0 Å². The minimum absolute atomic E-state index is 0.278. The molecular formula is C17H21NO3S. The lowest BCUT2D eigenvalue weighted by molar-refractivity contribution is 0.301. The van der Waals surface area contributed by atoms with E-state index >= 15 is 0 Å². The topological polar surface area (TPSA) is 46.6 Å². The van der Waals surface area contributed by atoms with Crippen molar-refractivity contribution in [3.05, 3.63) is 59.2 Å². The van der Waals surface area contributed by atoms with Crippen molar-refractivity contribution in [1.82, 2.24) is 4.31 Å². The number of sulfonamides is 1. The molecule has 0 N–H and O–H groups in total. The van der Waals surface area contributed by atoms with Crippen molar-refractivity contribution in [3.8, 4) is 5.75 Å². The smallest absolute Gasteiger partial charge is 0.242 e. The molecule has 0 aliphatic heterocycles. The maximum atomic E-state index is 12.2. The molecule has 4 nitrogen and oxygen atoms in total. The van der Waals surface area contributed by atoms with E-state index < -0.39 is 10.0 Å². The predicted octanol–water partition coefficient (Wildman–Crippen LogP) is 3.13. The maximum Gasteiger partial charge on any atom is 0.242 e. The Morgan fingerprint density at radius 3 is 2.18 bits per heavy atom. The number of para-hydroxylation sites is 1. The van der Waals surface area contributed by atoms with Crippen molar-refractivity contribution in [2.45, 2.75) is 25.3 Å². The highest BCUT2D eigenvalue weighted by Gasteiger charge is 2.17. The third-order valence-electron chi connectivity index (χ3n) is 3.47. The fraction of sp³-hybridized carbons (Fsp3) is 0.294. The van der Waals surface area contributed by atoms with Crippen molar-refractivity contribution in [1.29, 1.82) is 0 Å². The van der Waals surface area contributed by atoms with Gasteiger partial charge in [0, 0.05) is 14.1 Å². The summed E-state index contributed by atoms with van der Waals surface area (Å²) in [6.07, 6.45) is 0. The first-order valence-corrected chi connectivity index (χ1v) is 8.47. The number of aryl methyl sites for hydroxylation is 2. The van der Waals surface area contributed by atoms with Crippen molar-refractivity contribution in [2.24, 2.45) is 0 Å². The van der Waals surface area contributed by atoms with Gasteiger partial charge in [0.1, 0.15) is 12.4 Å². The number of ether oxygens (including phenoxy) is 1. The zero-order valence-corrected chi connectivity index (χ0v) is 14.1. The molecule has 2 aromatic rings. The van der Waals surface area contributed by atoms with Gasteiger partial charge in [0.2, 0.25) is 10.0 Å². The highest BCUT2D eigenvalue weighted by molar-refractivity contribution is 7.89. The summed E-state index contributed by atoms with van der Waals surface area (Å²) in [4.78, 5) is 0.278. The largest absolute Gasteiger partial charge is 0.488 e. The summed E-state index contributed by atoms with van der Waals surface area (Å²) in [7, 11) is -0.375. The zero-order valence-electron chi connectivity index (χ0n) is 13.3. The van der Waals surface area contributed by atoms with Gasteiger partial charge in [0.15, 0.2) is 0 Å². The molecule has 2 rings (SSSR count). The van der Waals surface area contributed by atoms with Gasteiger partial charge in [0.05, 0.1) is 4.90 Å². The molecule has 0 fully saturated rings. The number of rotatable bonds is 5. The summed E-state index contributed by atoms with van der Waals surface area (Å²) >= 11 is 0. The van der Waals surface area contributed by atoms with Gasteiger partial charge in [-0.3, -0.25) is 0 Å². The summed E-state index contributed by atoms with van der Waals surface area (Å²) in [6, 6.07) is 12.8. The Kier molecular flexibility index (Phi) is 4.88. The van der Waals surface area contributed by atoms with Crippen LogP contribution in [0.1, 0.15) is 16.7 Å². The highest BCUT2D eigenvalue weighted by Crippen LogP contribution is 2.24. The second-order valence-electron chi connectivity index (χ2n) is 5.44. The number of nitrogens with zero attached hydrogens (tertiary/aromatic N) is 1. The molecule has 0 unspecified atom stereocenters. The average Bonchev–Trinajstić information content (AvgIpc) is 2.47. The van der Waals surface area contributed by atoms with Crippen LogP contribution in [0, 0.1) is 13.8 Å². The van der Waals surface area contributed by atoms with Crippen LogP contribution < -0.4 is 4.74 Å². The van der Waals surface area contributed by atoms with Crippen LogP contribution in [0.5, 0.6) is 5.75 Å². The molecule has 0 aliphatic rings. The monoisotopic (exact) mass is 319 g/mol. The van der Waals surface area contributed by atoms with E-state index in [0.29, 0.717) is 6.61 Å². The molecule has 0 heterocycles. The average molecular weight is 319 g/mol. The van der Waals surface area contributed by atoms with E-state index in [1.807, 2.05) is 38.1 Å². The maximum absolute atomic E-state index is 12.2. The van der Waals surface area contributed by atoms with E-state index in [0.717, 1.165) is 22.4 Å². The Hall–Kier alpha value is -1.85. The van der Waals surface area contributed by atoms with Gasteiger partial charge in [-0.1, -0.05) is 30.3 Å². The molecule has 0 aromatic heterocycles. The molecule has 0 saturated carbocycles. The predicted molar refractivity (Wildman–Crippen MR) is 87.6 cm³/mol. The molecule has 0 amide bonds. The van der Waals surface area contributed by atoms with Crippen LogP contribution in [-0.4, -0.2) is 26.8 Å². The van der Waals surface area contributed by atoms with E-state index in [2.05, 4.69) is 0 Å². The van der Waals surface area contributed by atoms with E-state index in [-0.39, 0.29) is 4.90 Å². The molecule has 22 heavy (non-hydrogen) atoms. The van der Waals surface area contributed by atoms with Crippen LogP contribution in [-0.2, 0) is 16.6 Å². The first-order chi connectivity index (χ1) is 10.3. The van der Waals surface area contributed by atoms with Crippen LogP contribution in [0.3, 0.4) is 0 Å². The van der Waals surface area contributed by atoms with Crippen LogP contribution in [0.4, 0.5) is 0 Å². The van der Waals surface area contributed by atoms with Gasteiger partial charge in [0.25, 0.3) is 0 Å². The van der Waals surface area contributed by atoms with Gasteiger partial charge in [-0.2, -0.15) is 0 Å². The fourth-order valence-corrected chi connectivity index (χ4v) is 3.16. The number of hydrogen-bond donors (Lipinski definition) is 0. The van der Waals surface area contributed by atoms with Crippen molar-refractivity contribution >= 4 is 10.0 Å². The summed E-state index contributed by atoms with van der Waals surface area (Å²) in [5.74, 6) is 0.850. The lowest BCUT2D eigenvalue weighted by Gasteiger charge is -2.14. The van der Waals surface area contributed by atoms with Crippen molar-refractivity contribution < 1.29 is 13.2 Å². The Morgan fingerprint density at radius 1 is 1.00 bits per heavy atom. The van der Waals surface area contributed by atoms with Gasteiger partial charge >= 0.3 is 0 Å². The molecule has 2 aromatic carbocycles. The molecule has 0 aliphatic carbocycles. The highest BCUT2D eigenvalue weighted by atomic mass is 32.2. The van der Waals surface area contributed by atoms with E-state index in [9.17, 15) is 8.42 Å². The number of benzene rings is 2. The molecule has 5 heteroatoms. The van der Waals surface area contributed by atoms with Crippen LogP contribution in [0.15, 0.2) is 47.4 Å². The summed E-state index contributed by atoms with van der Waals surface area (Å²) in [5.41, 5.74) is 2.96. The van der Waals surface area contributed by atoms with E-state index in [1.54, 1.807) is 18.2 Å².